The lowest BCUT2D eigenvalue weighted by Gasteiger charge is -2.14. The molecule has 2 N–H and O–H groups in total. The molecule has 0 saturated heterocycles. The van der Waals surface area contributed by atoms with E-state index in [0.29, 0.717) is 0 Å². The van der Waals surface area contributed by atoms with E-state index in [1.54, 1.807) is 6.92 Å². The van der Waals surface area contributed by atoms with Crippen molar-refractivity contribution in [1.29, 1.82) is 0 Å². The Balaban J connectivity index is 1.81. The predicted molar refractivity (Wildman–Crippen MR) is 93.2 cm³/mol. The zero-order valence-electron chi connectivity index (χ0n) is 14.6. The fourth-order valence-corrected chi connectivity index (χ4v) is 2.79. The molecule has 0 atom stereocenters. The van der Waals surface area contributed by atoms with Crippen LogP contribution in [0.4, 0.5) is 27.6 Å². The van der Waals surface area contributed by atoms with Crippen LogP contribution in [0.2, 0.25) is 0 Å². The minimum atomic E-state index is -4.63. The largest absolute Gasteiger partial charge is 0.493 e. The van der Waals surface area contributed by atoms with Crippen LogP contribution in [0.25, 0.3) is 10.9 Å². The van der Waals surface area contributed by atoms with Crippen LogP contribution < -0.4 is 10.1 Å². The Hall–Kier alpha value is -3.10. The summed E-state index contributed by atoms with van der Waals surface area (Å²) in [6.07, 6.45) is -3.62. The van der Waals surface area contributed by atoms with Gasteiger partial charge < -0.3 is 15.0 Å². The molecule has 0 radical (unpaired) electrons. The van der Waals surface area contributed by atoms with Crippen molar-refractivity contribution >= 4 is 22.5 Å². The fourth-order valence-electron chi connectivity index (χ4n) is 2.79. The van der Waals surface area contributed by atoms with Crippen molar-refractivity contribution < 1.29 is 31.5 Å². The van der Waals surface area contributed by atoms with Gasteiger partial charge in [0.1, 0.15) is 5.75 Å². The SMILES string of the molecule is CCOc1ccc(CC(=O)Nc2c[nH]c3cc(F)c(F)cc23)cc1C(F)(F)F. The number of carbonyl (C=O) groups is 1. The highest BCUT2D eigenvalue weighted by Crippen LogP contribution is 2.37. The molecule has 28 heavy (non-hydrogen) atoms. The number of halogens is 5. The van der Waals surface area contributed by atoms with Crippen LogP contribution in [0.1, 0.15) is 18.1 Å². The third kappa shape index (κ3) is 4.08. The Morgan fingerprint density at radius 2 is 1.86 bits per heavy atom. The van der Waals surface area contributed by atoms with E-state index in [9.17, 15) is 26.7 Å². The summed E-state index contributed by atoms with van der Waals surface area (Å²) in [5, 5.41) is 2.73. The number of fused-ring (bicyclic) bond motifs is 1. The van der Waals surface area contributed by atoms with Crippen molar-refractivity contribution in [3.05, 3.63) is 59.3 Å². The van der Waals surface area contributed by atoms with Crippen molar-refractivity contribution in [3.63, 3.8) is 0 Å². The number of amides is 1. The summed E-state index contributed by atoms with van der Waals surface area (Å²) in [6, 6.07) is 5.26. The van der Waals surface area contributed by atoms with Gasteiger partial charge in [0.2, 0.25) is 5.91 Å². The third-order valence-electron chi connectivity index (χ3n) is 4.01. The van der Waals surface area contributed by atoms with E-state index < -0.39 is 29.3 Å². The van der Waals surface area contributed by atoms with Gasteiger partial charge in [-0.15, -0.1) is 0 Å². The molecule has 4 nitrogen and oxygen atoms in total. The van der Waals surface area contributed by atoms with E-state index in [2.05, 4.69) is 10.3 Å². The molecule has 0 unspecified atom stereocenters. The van der Waals surface area contributed by atoms with Crippen molar-refractivity contribution in [1.82, 2.24) is 4.98 Å². The maximum absolute atomic E-state index is 13.4. The van der Waals surface area contributed by atoms with Gasteiger partial charge in [-0.05, 0) is 30.7 Å². The first kappa shape index (κ1) is 19.7. The fraction of sp³-hybridized carbons (Fsp3) is 0.211. The van der Waals surface area contributed by atoms with Crippen molar-refractivity contribution in [2.75, 3.05) is 11.9 Å². The summed E-state index contributed by atoms with van der Waals surface area (Å²) >= 11 is 0. The second-order valence-electron chi connectivity index (χ2n) is 6.00. The van der Waals surface area contributed by atoms with Crippen molar-refractivity contribution in [2.45, 2.75) is 19.5 Å². The van der Waals surface area contributed by atoms with E-state index in [1.165, 1.54) is 18.3 Å². The lowest BCUT2D eigenvalue weighted by atomic mass is 10.1. The second kappa shape index (κ2) is 7.49. The highest BCUT2D eigenvalue weighted by Gasteiger charge is 2.34. The monoisotopic (exact) mass is 398 g/mol. The summed E-state index contributed by atoms with van der Waals surface area (Å²) in [5.41, 5.74) is -0.370. The number of nitrogens with one attached hydrogen (secondary N) is 2. The van der Waals surface area contributed by atoms with Gasteiger partial charge in [-0.1, -0.05) is 6.07 Å². The molecule has 148 valence electrons. The molecule has 0 fully saturated rings. The molecule has 0 spiro atoms. The second-order valence-corrected chi connectivity index (χ2v) is 6.00. The molecule has 1 heterocycles. The first-order chi connectivity index (χ1) is 13.2. The number of aromatic nitrogens is 1. The van der Waals surface area contributed by atoms with Gasteiger partial charge >= 0.3 is 6.18 Å². The number of hydrogen-bond donors (Lipinski definition) is 2. The highest BCUT2D eigenvalue weighted by atomic mass is 19.4. The molecule has 9 heteroatoms. The molecule has 1 amide bonds. The molecule has 2 aromatic carbocycles. The van der Waals surface area contributed by atoms with Gasteiger partial charge in [0, 0.05) is 17.6 Å². The van der Waals surface area contributed by atoms with E-state index in [-0.39, 0.29) is 40.9 Å². The van der Waals surface area contributed by atoms with E-state index in [4.69, 9.17) is 4.74 Å². The van der Waals surface area contributed by atoms with Crippen LogP contribution in [0.5, 0.6) is 5.75 Å². The Labute approximate surface area is 156 Å². The molecule has 0 aliphatic carbocycles. The highest BCUT2D eigenvalue weighted by molar-refractivity contribution is 6.02. The van der Waals surface area contributed by atoms with Crippen LogP contribution in [-0.4, -0.2) is 17.5 Å². The first-order valence-electron chi connectivity index (χ1n) is 8.28. The summed E-state index contributed by atoms with van der Waals surface area (Å²) in [6.45, 7) is 1.64. The Kier molecular flexibility index (Phi) is 5.26. The molecule has 3 rings (SSSR count). The third-order valence-corrected chi connectivity index (χ3v) is 4.01. The molecule has 0 aliphatic heterocycles. The molecule has 0 saturated carbocycles. The smallest absolute Gasteiger partial charge is 0.419 e. The minimum absolute atomic E-state index is 0.0701. The number of anilines is 1. The van der Waals surface area contributed by atoms with Crippen LogP contribution in [0, 0.1) is 11.6 Å². The quantitative estimate of drug-likeness (QED) is 0.592. The summed E-state index contributed by atoms with van der Waals surface area (Å²) in [5.74, 6) is -3.04. The topological polar surface area (TPSA) is 54.1 Å². The number of rotatable bonds is 5. The summed E-state index contributed by atoms with van der Waals surface area (Å²) in [4.78, 5) is 14.9. The van der Waals surface area contributed by atoms with Gasteiger partial charge in [0.25, 0.3) is 0 Å². The lowest BCUT2D eigenvalue weighted by molar-refractivity contribution is -0.139. The van der Waals surface area contributed by atoms with Gasteiger partial charge in [-0.3, -0.25) is 4.79 Å². The number of carbonyl (C=O) groups excluding carboxylic acids is 1. The molecular formula is C19H15F5N2O2. The van der Waals surface area contributed by atoms with Crippen molar-refractivity contribution in [2.24, 2.45) is 0 Å². The minimum Gasteiger partial charge on any atom is -0.493 e. The van der Waals surface area contributed by atoms with Crippen LogP contribution in [-0.2, 0) is 17.4 Å². The van der Waals surface area contributed by atoms with Gasteiger partial charge in [-0.25, -0.2) is 8.78 Å². The number of H-pyrrole nitrogens is 1. The Morgan fingerprint density at radius 1 is 1.14 bits per heavy atom. The normalized spacial score (nSPS) is 11.6. The van der Waals surface area contributed by atoms with Gasteiger partial charge in [0.15, 0.2) is 11.6 Å². The van der Waals surface area contributed by atoms with Gasteiger partial charge in [-0.2, -0.15) is 13.2 Å². The molecule has 0 bridgehead atoms. The number of alkyl halides is 3. The molecule has 3 aromatic rings. The predicted octanol–water partition coefficient (Wildman–Crippen LogP) is 5.04. The molecular weight excluding hydrogens is 383 g/mol. The average Bonchev–Trinajstić information content (AvgIpc) is 2.97. The number of hydrogen-bond acceptors (Lipinski definition) is 2. The summed E-state index contributed by atoms with van der Waals surface area (Å²) in [7, 11) is 0. The maximum Gasteiger partial charge on any atom is 0.419 e. The summed E-state index contributed by atoms with van der Waals surface area (Å²) < 4.78 is 71.2. The van der Waals surface area contributed by atoms with Crippen LogP contribution in [0.3, 0.4) is 0 Å². The van der Waals surface area contributed by atoms with Crippen LogP contribution >= 0.6 is 0 Å². The van der Waals surface area contributed by atoms with E-state index in [0.717, 1.165) is 18.2 Å². The van der Waals surface area contributed by atoms with Crippen molar-refractivity contribution in [3.8, 4) is 5.75 Å². The molecule has 0 aliphatic rings. The Bertz CT molecular complexity index is 1030. The standard InChI is InChI=1S/C19H15F5N2O2/c1-2-28-17-4-3-10(5-12(17)19(22,23)24)6-18(27)26-16-9-25-15-8-14(21)13(20)7-11(15)16/h3-5,7-9,25H,2,6H2,1H3,(H,26,27). The maximum atomic E-state index is 13.4. The first-order valence-corrected chi connectivity index (χ1v) is 8.28. The van der Waals surface area contributed by atoms with E-state index >= 15 is 0 Å². The molecule has 1 aromatic heterocycles. The number of aromatic amines is 1. The number of ether oxygens (including phenoxy) is 1. The number of benzene rings is 2. The van der Waals surface area contributed by atoms with E-state index in [1.807, 2.05) is 0 Å². The zero-order valence-corrected chi connectivity index (χ0v) is 14.6. The van der Waals surface area contributed by atoms with Crippen LogP contribution in [0.15, 0.2) is 36.5 Å². The zero-order chi connectivity index (χ0) is 20.5. The lowest BCUT2D eigenvalue weighted by Crippen LogP contribution is -2.15. The van der Waals surface area contributed by atoms with Gasteiger partial charge in [0.05, 0.1) is 29.8 Å². The Morgan fingerprint density at radius 3 is 2.54 bits per heavy atom. The average molecular weight is 398 g/mol.